The Morgan fingerprint density at radius 3 is 3.00 bits per heavy atom. The SMILES string of the molecule is COc1ccc(Br)c(CNC(=O)[C@@H]2CCC[C@@H]2CN)c1. The lowest BCUT2D eigenvalue weighted by Crippen LogP contribution is -2.34. The zero-order chi connectivity index (χ0) is 14.5. The number of hydrogen-bond acceptors (Lipinski definition) is 3. The van der Waals surface area contributed by atoms with Crippen LogP contribution in [0.3, 0.4) is 0 Å². The van der Waals surface area contributed by atoms with Gasteiger partial charge in [0.05, 0.1) is 7.11 Å². The van der Waals surface area contributed by atoms with Gasteiger partial charge in [-0.1, -0.05) is 22.4 Å². The van der Waals surface area contributed by atoms with Crippen LogP contribution in [0.5, 0.6) is 5.75 Å². The molecule has 110 valence electrons. The molecule has 2 rings (SSSR count). The van der Waals surface area contributed by atoms with E-state index in [4.69, 9.17) is 10.5 Å². The molecule has 0 aliphatic heterocycles. The Hall–Kier alpha value is -1.07. The summed E-state index contributed by atoms with van der Waals surface area (Å²) < 4.78 is 6.17. The van der Waals surface area contributed by atoms with Gasteiger partial charge in [-0.05, 0) is 49.1 Å². The van der Waals surface area contributed by atoms with Crippen molar-refractivity contribution in [3.05, 3.63) is 28.2 Å². The van der Waals surface area contributed by atoms with Crippen LogP contribution in [0, 0.1) is 11.8 Å². The van der Waals surface area contributed by atoms with E-state index in [0.717, 1.165) is 35.0 Å². The maximum atomic E-state index is 12.2. The first-order valence-corrected chi connectivity index (χ1v) is 7.75. The van der Waals surface area contributed by atoms with Gasteiger partial charge in [0.2, 0.25) is 5.91 Å². The topological polar surface area (TPSA) is 64.3 Å². The van der Waals surface area contributed by atoms with E-state index < -0.39 is 0 Å². The average Bonchev–Trinajstić information content (AvgIpc) is 2.94. The number of ether oxygens (including phenoxy) is 1. The molecule has 1 fully saturated rings. The van der Waals surface area contributed by atoms with Gasteiger partial charge in [0.15, 0.2) is 0 Å². The molecule has 0 bridgehead atoms. The van der Waals surface area contributed by atoms with Gasteiger partial charge in [-0.25, -0.2) is 0 Å². The quantitative estimate of drug-likeness (QED) is 0.865. The van der Waals surface area contributed by atoms with Crippen LogP contribution in [-0.4, -0.2) is 19.6 Å². The number of hydrogen-bond donors (Lipinski definition) is 2. The third kappa shape index (κ3) is 3.52. The fraction of sp³-hybridized carbons (Fsp3) is 0.533. The van der Waals surface area contributed by atoms with Crippen LogP contribution in [0.4, 0.5) is 0 Å². The Labute approximate surface area is 128 Å². The van der Waals surface area contributed by atoms with Gasteiger partial charge in [-0.3, -0.25) is 4.79 Å². The summed E-state index contributed by atoms with van der Waals surface area (Å²) in [5.74, 6) is 1.32. The van der Waals surface area contributed by atoms with Crippen LogP contribution in [0.2, 0.25) is 0 Å². The van der Waals surface area contributed by atoms with Crippen LogP contribution in [-0.2, 0) is 11.3 Å². The number of methoxy groups -OCH3 is 1. The van der Waals surface area contributed by atoms with E-state index in [2.05, 4.69) is 21.2 Å². The van der Waals surface area contributed by atoms with E-state index in [0.29, 0.717) is 19.0 Å². The molecule has 0 aromatic heterocycles. The number of carbonyl (C=O) groups excluding carboxylic acids is 1. The molecular weight excluding hydrogens is 320 g/mol. The van der Waals surface area contributed by atoms with E-state index in [1.807, 2.05) is 18.2 Å². The molecule has 1 aromatic carbocycles. The molecule has 4 nitrogen and oxygen atoms in total. The van der Waals surface area contributed by atoms with Gasteiger partial charge in [0, 0.05) is 16.9 Å². The summed E-state index contributed by atoms with van der Waals surface area (Å²) in [6, 6.07) is 5.74. The highest BCUT2D eigenvalue weighted by Crippen LogP contribution is 2.31. The van der Waals surface area contributed by atoms with Crippen molar-refractivity contribution in [2.45, 2.75) is 25.8 Å². The summed E-state index contributed by atoms with van der Waals surface area (Å²) in [5, 5.41) is 3.02. The molecule has 1 saturated carbocycles. The summed E-state index contributed by atoms with van der Waals surface area (Å²) in [5.41, 5.74) is 6.74. The fourth-order valence-corrected chi connectivity index (χ4v) is 3.18. The Bertz CT molecular complexity index is 479. The highest BCUT2D eigenvalue weighted by atomic mass is 79.9. The molecular formula is C15H21BrN2O2. The van der Waals surface area contributed by atoms with Crippen LogP contribution in [0.25, 0.3) is 0 Å². The largest absolute Gasteiger partial charge is 0.497 e. The molecule has 1 amide bonds. The lowest BCUT2D eigenvalue weighted by Gasteiger charge is -2.17. The first-order chi connectivity index (χ1) is 9.65. The number of amides is 1. The maximum Gasteiger partial charge on any atom is 0.223 e. The highest BCUT2D eigenvalue weighted by molar-refractivity contribution is 9.10. The minimum Gasteiger partial charge on any atom is -0.497 e. The normalized spacial score (nSPS) is 21.8. The summed E-state index contributed by atoms with van der Waals surface area (Å²) in [7, 11) is 1.63. The second-order valence-electron chi connectivity index (χ2n) is 5.21. The van der Waals surface area contributed by atoms with Gasteiger partial charge in [0.25, 0.3) is 0 Å². The van der Waals surface area contributed by atoms with Gasteiger partial charge in [-0.15, -0.1) is 0 Å². The van der Waals surface area contributed by atoms with E-state index in [-0.39, 0.29) is 11.8 Å². The van der Waals surface area contributed by atoms with Crippen molar-refractivity contribution < 1.29 is 9.53 Å². The van der Waals surface area contributed by atoms with E-state index >= 15 is 0 Å². The summed E-state index contributed by atoms with van der Waals surface area (Å²) in [4.78, 5) is 12.2. The number of nitrogens with two attached hydrogens (primary N) is 1. The van der Waals surface area contributed by atoms with Crippen molar-refractivity contribution in [3.8, 4) is 5.75 Å². The molecule has 0 spiro atoms. The van der Waals surface area contributed by atoms with Crippen molar-refractivity contribution in [2.24, 2.45) is 17.6 Å². The Morgan fingerprint density at radius 2 is 2.30 bits per heavy atom. The maximum absolute atomic E-state index is 12.2. The molecule has 0 saturated heterocycles. The van der Waals surface area contributed by atoms with E-state index in [9.17, 15) is 4.79 Å². The smallest absolute Gasteiger partial charge is 0.223 e. The lowest BCUT2D eigenvalue weighted by atomic mass is 9.95. The minimum atomic E-state index is 0.0735. The van der Waals surface area contributed by atoms with Crippen molar-refractivity contribution in [3.63, 3.8) is 0 Å². The van der Waals surface area contributed by atoms with Crippen LogP contribution >= 0.6 is 15.9 Å². The zero-order valence-corrected chi connectivity index (χ0v) is 13.3. The Kier molecular flexibility index (Phi) is 5.43. The molecule has 20 heavy (non-hydrogen) atoms. The molecule has 1 aliphatic carbocycles. The number of rotatable bonds is 5. The van der Waals surface area contributed by atoms with E-state index in [1.54, 1.807) is 7.11 Å². The van der Waals surface area contributed by atoms with Gasteiger partial charge in [-0.2, -0.15) is 0 Å². The standard InChI is InChI=1S/C15H21BrN2O2/c1-20-12-5-6-14(16)11(7-12)9-18-15(19)13-4-2-3-10(13)8-17/h5-7,10,13H,2-4,8-9,17H2,1H3,(H,18,19)/t10-,13-/m1/s1. The molecule has 1 aliphatic rings. The Morgan fingerprint density at radius 1 is 1.50 bits per heavy atom. The predicted molar refractivity (Wildman–Crippen MR) is 82.4 cm³/mol. The molecule has 0 radical (unpaired) electrons. The number of halogens is 1. The second-order valence-corrected chi connectivity index (χ2v) is 6.06. The number of nitrogens with one attached hydrogen (secondary N) is 1. The molecule has 2 atom stereocenters. The summed E-state index contributed by atoms with van der Waals surface area (Å²) >= 11 is 3.49. The van der Waals surface area contributed by atoms with E-state index in [1.165, 1.54) is 0 Å². The van der Waals surface area contributed by atoms with Crippen LogP contribution < -0.4 is 15.8 Å². The number of carbonyl (C=O) groups is 1. The lowest BCUT2D eigenvalue weighted by molar-refractivity contribution is -0.126. The van der Waals surface area contributed by atoms with Crippen LogP contribution in [0.15, 0.2) is 22.7 Å². The minimum absolute atomic E-state index is 0.0735. The molecule has 3 N–H and O–H groups in total. The van der Waals surface area contributed by atoms with Crippen molar-refractivity contribution in [2.75, 3.05) is 13.7 Å². The van der Waals surface area contributed by atoms with Crippen molar-refractivity contribution >= 4 is 21.8 Å². The number of benzene rings is 1. The fourth-order valence-electron chi connectivity index (χ4n) is 2.79. The molecule has 5 heteroatoms. The van der Waals surface area contributed by atoms with Gasteiger partial charge in [0.1, 0.15) is 5.75 Å². The van der Waals surface area contributed by atoms with Crippen LogP contribution in [0.1, 0.15) is 24.8 Å². The first-order valence-electron chi connectivity index (χ1n) is 6.96. The van der Waals surface area contributed by atoms with Crippen molar-refractivity contribution in [1.82, 2.24) is 5.32 Å². The first kappa shape index (κ1) is 15.3. The predicted octanol–water partition coefficient (Wildman–Crippen LogP) is 2.45. The molecule has 0 unspecified atom stereocenters. The average molecular weight is 341 g/mol. The van der Waals surface area contributed by atoms with Gasteiger partial charge < -0.3 is 15.8 Å². The third-order valence-electron chi connectivity index (χ3n) is 4.00. The highest BCUT2D eigenvalue weighted by Gasteiger charge is 2.31. The monoisotopic (exact) mass is 340 g/mol. The summed E-state index contributed by atoms with van der Waals surface area (Å²) in [6.07, 6.45) is 3.12. The van der Waals surface area contributed by atoms with Gasteiger partial charge >= 0.3 is 0 Å². The van der Waals surface area contributed by atoms with Crippen molar-refractivity contribution in [1.29, 1.82) is 0 Å². The second kappa shape index (κ2) is 7.09. The zero-order valence-electron chi connectivity index (χ0n) is 11.7. The molecule has 0 heterocycles. The molecule has 1 aromatic rings. The summed E-state index contributed by atoms with van der Waals surface area (Å²) in [6.45, 7) is 1.10. The Balaban J connectivity index is 1.96. The third-order valence-corrected chi connectivity index (χ3v) is 4.78.